The number of aromatic amines is 1. The molecule has 0 radical (unpaired) electrons. The maximum absolute atomic E-state index is 12.3. The van der Waals surface area contributed by atoms with Crippen LogP contribution in [0.1, 0.15) is 22.5 Å². The predicted molar refractivity (Wildman–Crippen MR) is 112 cm³/mol. The number of para-hydroxylation sites is 2. The van der Waals surface area contributed by atoms with E-state index in [0.717, 1.165) is 22.0 Å². The number of nitrogens with zero attached hydrogens (tertiary/aromatic N) is 2. The van der Waals surface area contributed by atoms with Crippen LogP contribution >= 0.6 is 0 Å². The van der Waals surface area contributed by atoms with Crippen molar-refractivity contribution in [3.05, 3.63) is 70.9 Å². The SMILES string of the molecule is Cc1cc2occ(CC(=O)OC/C(O)=C(\C#N)c3nc4ccccc4[nH]3)c2cc1C. The first-order valence-corrected chi connectivity index (χ1v) is 9.36. The molecule has 0 aliphatic rings. The lowest BCUT2D eigenvalue weighted by molar-refractivity contribution is -0.142. The molecule has 150 valence electrons. The van der Waals surface area contributed by atoms with E-state index in [1.807, 2.05) is 50.2 Å². The molecule has 2 aromatic carbocycles. The van der Waals surface area contributed by atoms with Crippen LogP contribution in [0, 0.1) is 25.2 Å². The highest BCUT2D eigenvalue weighted by molar-refractivity contribution is 5.87. The summed E-state index contributed by atoms with van der Waals surface area (Å²) in [7, 11) is 0. The number of hydrogen-bond acceptors (Lipinski definition) is 6. The van der Waals surface area contributed by atoms with E-state index in [1.165, 1.54) is 6.26 Å². The van der Waals surface area contributed by atoms with Gasteiger partial charge >= 0.3 is 5.97 Å². The van der Waals surface area contributed by atoms with Crippen molar-refractivity contribution in [1.29, 1.82) is 5.26 Å². The van der Waals surface area contributed by atoms with Crippen LogP contribution < -0.4 is 0 Å². The monoisotopic (exact) mass is 401 g/mol. The lowest BCUT2D eigenvalue weighted by Gasteiger charge is -2.05. The van der Waals surface area contributed by atoms with Crippen LogP contribution in [0.2, 0.25) is 0 Å². The number of carbonyl (C=O) groups excluding carboxylic acids is 1. The summed E-state index contributed by atoms with van der Waals surface area (Å²) >= 11 is 0. The Morgan fingerprint density at radius 1 is 1.27 bits per heavy atom. The second kappa shape index (κ2) is 7.76. The molecule has 7 heteroatoms. The fraction of sp³-hybridized carbons (Fsp3) is 0.174. The maximum Gasteiger partial charge on any atom is 0.310 e. The number of nitrogens with one attached hydrogen (secondary N) is 1. The summed E-state index contributed by atoms with van der Waals surface area (Å²) in [6.45, 7) is 3.57. The molecule has 0 aliphatic heterocycles. The molecule has 0 atom stereocenters. The van der Waals surface area contributed by atoms with E-state index in [2.05, 4.69) is 9.97 Å². The third-order valence-electron chi connectivity index (χ3n) is 5.00. The number of aliphatic hydroxyl groups excluding tert-OH is 1. The van der Waals surface area contributed by atoms with Gasteiger partial charge in [-0.05, 0) is 49.2 Å². The van der Waals surface area contributed by atoms with E-state index in [1.54, 1.807) is 6.07 Å². The van der Waals surface area contributed by atoms with Crippen LogP contribution in [-0.2, 0) is 16.0 Å². The fourth-order valence-corrected chi connectivity index (χ4v) is 3.23. The summed E-state index contributed by atoms with van der Waals surface area (Å²) in [6.07, 6.45) is 1.53. The number of allylic oxidation sites excluding steroid dienone is 1. The van der Waals surface area contributed by atoms with Gasteiger partial charge in [-0.15, -0.1) is 0 Å². The van der Waals surface area contributed by atoms with E-state index >= 15 is 0 Å². The second-order valence-electron chi connectivity index (χ2n) is 7.07. The number of esters is 1. The Morgan fingerprint density at radius 2 is 2.03 bits per heavy atom. The molecule has 0 aliphatic carbocycles. The van der Waals surface area contributed by atoms with Gasteiger partial charge < -0.3 is 19.2 Å². The third kappa shape index (κ3) is 3.63. The van der Waals surface area contributed by atoms with Gasteiger partial charge in [-0.1, -0.05) is 12.1 Å². The van der Waals surface area contributed by atoms with Gasteiger partial charge in [0.15, 0.2) is 11.6 Å². The molecular weight excluding hydrogens is 382 g/mol. The molecule has 4 rings (SSSR count). The number of aliphatic hydroxyl groups is 1. The molecule has 30 heavy (non-hydrogen) atoms. The normalized spacial score (nSPS) is 12.0. The molecule has 0 bridgehead atoms. The quantitative estimate of drug-likeness (QED) is 0.289. The van der Waals surface area contributed by atoms with Gasteiger partial charge in [0, 0.05) is 10.9 Å². The first-order chi connectivity index (χ1) is 14.5. The van der Waals surface area contributed by atoms with E-state index in [-0.39, 0.29) is 23.6 Å². The highest BCUT2D eigenvalue weighted by atomic mass is 16.5. The fourth-order valence-electron chi connectivity index (χ4n) is 3.23. The average Bonchev–Trinajstić information content (AvgIpc) is 3.31. The number of aromatic nitrogens is 2. The summed E-state index contributed by atoms with van der Waals surface area (Å²) in [4.78, 5) is 19.6. The number of hydrogen-bond donors (Lipinski definition) is 2. The zero-order valence-corrected chi connectivity index (χ0v) is 16.5. The van der Waals surface area contributed by atoms with Crippen molar-refractivity contribution in [3.63, 3.8) is 0 Å². The molecule has 0 unspecified atom stereocenters. The highest BCUT2D eigenvalue weighted by Crippen LogP contribution is 2.25. The Bertz CT molecular complexity index is 1300. The Labute approximate surface area is 172 Å². The highest BCUT2D eigenvalue weighted by Gasteiger charge is 2.16. The number of carbonyl (C=O) groups is 1. The van der Waals surface area contributed by atoms with Crippen LogP contribution in [0.3, 0.4) is 0 Å². The summed E-state index contributed by atoms with van der Waals surface area (Å²) < 4.78 is 10.7. The van der Waals surface area contributed by atoms with Crippen LogP contribution in [0.25, 0.3) is 27.6 Å². The number of aryl methyl sites for hydroxylation is 2. The minimum absolute atomic E-state index is 0.00466. The molecule has 2 aromatic heterocycles. The lowest BCUT2D eigenvalue weighted by Crippen LogP contribution is -2.11. The Hall–Kier alpha value is -4.05. The molecular formula is C23H19N3O4. The summed E-state index contributed by atoms with van der Waals surface area (Å²) in [6, 6.07) is 13.1. The van der Waals surface area contributed by atoms with Crippen LogP contribution in [0.15, 0.2) is 52.8 Å². The van der Waals surface area contributed by atoms with Crippen molar-refractivity contribution in [1.82, 2.24) is 9.97 Å². The zero-order valence-electron chi connectivity index (χ0n) is 16.5. The van der Waals surface area contributed by atoms with Crippen molar-refractivity contribution in [2.75, 3.05) is 6.61 Å². The number of benzene rings is 2. The molecule has 0 fully saturated rings. The smallest absolute Gasteiger partial charge is 0.310 e. The van der Waals surface area contributed by atoms with Gasteiger partial charge in [-0.2, -0.15) is 5.26 Å². The molecule has 0 saturated carbocycles. The first kappa shape index (κ1) is 19.3. The second-order valence-corrected chi connectivity index (χ2v) is 7.07. The van der Waals surface area contributed by atoms with Crippen molar-refractivity contribution in [2.45, 2.75) is 20.3 Å². The standard InChI is InChI=1S/C23H19N3O4/c1-13-7-16-15(11-29-21(16)8-14(13)2)9-22(28)30-12-20(27)17(10-24)23-25-18-5-3-4-6-19(18)26-23/h3-8,11,27H,9,12H2,1-2H3,(H,25,26)/b20-17-. The maximum atomic E-state index is 12.3. The van der Waals surface area contributed by atoms with Crippen molar-refractivity contribution in [3.8, 4) is 6.07 Å². The van der Waals surface area contributed by atoms with Gasteiger partial charge in [0.1, 0.15) is 23.8 Å². The van der Waals surface area contributed by atoms with Crippen molar-refractivity contribution in [2.24, 2.45) is 0 Å². The molecule has 0 amide bonds. The Morgan fingerprint density at radius 3 is 2.80 bits per heavy atom. The molecule has 2 N–H and O–H groups in total. The molecule has 4 aromatic rings. The Kier molecular flexibility index (Phi) is 4.98. The number of imidazole rings is 1. The van der Waals surface area contributed by atoms with E-state index in [9.17, 15) is 15.2 Å². The van der Waals surface area contributed by atoms with Crippen LogP contribution in [0.5, 0.6) is 0 Å². The number of rotatable bonds is 5. The summed E-state index contributed by atoms with van der Waals surface area (Å²) in [5, 5.41) is 20.6. The number of ether oxygens (including phenoxy) is 1. The third-order valence-corrected chi connectivity index (χ3v) is 5.00. The van der Waals surface area contributed by atoms with E-state index in [0.29, 0.717) is 16.7 Å². The first-order valence-electron chi connectivity index (χ1n) is 9.36. The number of furan rings is 1. The molecule has 2 heterocycles. The largest absolute Gasteiger partial charge is 0.507 e. The van der Waals surface area contributed by atoms with E-state index in [4.69, 9.17) is 9.15 Å². The minimum atomic E-state index is -0.538. The Balaban J connectivity index is 1.48. The van der Waals surface area contributed by atoms with Crippen LogP contribution in [-0.4, -0.2) is 27.7 Å². The zero-order chi connectivity index (χ0) is 21.3. The van der Waals surface area contributed by atoms with Gasteiger partial charge in [0.2, 0.25) is 0 Å². The average molecular weight is 401 g/mol. The summed E-state index contributed by atoms with van der Waals surface area (Å²) in [5.74, 6) is -0.684. The summed E-state index contributed by atoms with van der Waals surface area (Å²) in [5.41, 5.74) is 4.96. The lowest BCUT2D eigenvalue weighted by atomic mass is 10.0. The van der Waals surface area contributed by atoms with Crippen molar-refractivity contribution < 1.29 is 19.1 Å². The van der Waals surface area contributed by atoms with Gasteiger partial charge in [0.25, 0.3) is 0 Å². The van der Waals surface area contributed by atoms with Crippen LogP contribution in [0.4, 0.5) is 0 Å². The van der Waals surface area contributed by atoms with Gasteiger partial charge in [-0.25, -0.2) is 4.98 Å². The topological polar surface area (TPSA) is 112 Å². The molecule has 7 nitrogen and oxygen atoms in total. The van der Waals surface area contributed by atoms with E-state index < -0.39 is 12.6 Å². The number of fused-ring (bicyclic) bond motifs is 2. The molecule has 0 spiro atoms. The minimum Gasteiger partial charge on any atom is -0.507 e. The van der Waals surface area contributed by atoms with Crippen molar-refractivity contribution >= 4 is 33.5 Å². The molecule has 0 saturated heterocycles. The predicted octanol–water partition coefficient (Wildman–Crippen LogP) is 4.50. The van der Waals surface area contributed by atoms with Gasteiger partial charge in [0.05, 0.1) is 23.7 Å². The van der Waals surface area contributed by atoms with Gasteiger partial charge in [-0.3, -0.25) is 4.79 Å². The number of nitriles is 1. The number of H-pyrrole nitrogens is 1.